The van der Waals surface area contributed by atoms with Gasteiger partial charge in [-0.1, -0.05) is 18.2 Å². The lowest BCUT2D eigenvalue weighted by Crippen LogP contribution is -2.49. The first kappa shape index (κ1) is 17.4. The summed E-state index contributed by atoms with van der Waals surface area (Å²) in [5, 5.41) is 16.1. The maximum absolute atomic E-state index is 12.5. The summed E-state index contributed by atoms with van der Waals surface area (Å²) in [5.41, 5.74) is 2.93. The molecule has 8 heteroatoms. The van der Waals surface area contributed by atoms with Gasteiger partial charge in [0.1, 0.15) is 0 Å². The van der Waals surface area contributed by atoms with E-state index >= 15 is 0 Å². The van der Waals surface area contributed by atoms with E-state index in [2.05, 4.69) is 21.5 Å². The third-order valence-electron chi connectivity index (χ3n) is 5.32. The molecule has 0 unspecified atom stereocenters. The summed E-state index contributed by atoms with van der Waals surface area (Å²) in [6, 6.07) is 15.1. The lowest BCUT2D eigenvalue weighted by molar-refractivity contribution is -0.117. The number of hydrogen-bond donors (Lipinski definition) is 1. The third kappa shape index (κ3) is 3.21. The Labute approximate surface area is 166 Å². The number of amides is 2. The van der Waals surface area contributed by atoms with Gasteiger partial charge in [-0.3, -0.25) is 14.9 Å². The molecule has 1 saturated carbocycles. The largest absolute Gasteiger partial charge is 0.336 e. The van der Waals surface area contributed by atoms with Gasteiger partial charge in [-0.15, -0.1) is 5.10 Å². The van der Waals surface area contributed by atoms with Gasteiger partial charge in [0, 0.05) is 30.1 Å². The molecule has 29 heavy (non-hydrogen) atoms. The average Bonchev–Trinajstić information content (AvgIpc) is 3.47. The average molecular weight is 386 g/mol. The molecule has 2 aromatic heterocycles. The number of benzene rings is 1. The smallest absolute Gasteiger partial charge is 0.253 e. The number of pyridine rings is 1. The number of nitrogens with zero attached hydrogens (tertiary/aromatic N) is 5. The van der Waals surface area contributed by atoms with E-state index in [-0.39, 0.29) is 23.7 Å². The standard InChI is InChI=1S/C21H18N6O2/c22-10-13-11-26(12-13)20(29)16-8-4-14(5-9-16)17-2-1-3-18-23-21(25-27(17)18)24-19(28)15-6-7-15/h1-5,8-9,13,15H,6-7,11-12H2,(H,24,25,28). The van der Waals surface area contributed by atoms with E-state index in [9.17, 15) is 9.59 Å². The number of hydrogen-bond acceptors (Lipinski definition) is 5. The van der Waals surface area contributed by atoms with Crippen LogP contribution < -0.4 is 5.32 Å². The van der Waals surface area contributed by atoms with Gasteiger partial charge in [0.25, 0.3) is 5.91 Å². The van der Waals surface area contributed by atoms with Crippen molar-refractivity contribution in [2.45, 2.75) is 12.8 Å². The zero-order valence-electron chi connectivity index (χ0n) is 15.6. The highest BCUT2D eigenvalue weighted by Gasteiger charge is 2.31. The van der Waals surface area contributed by atoms with Crippen LogP contribution in [0, 0.1) is 23.2 Å². The number of anilines is 1. The SMILES string of the molecule is N#CC1CN(C(=O)c2ccc(-c3cccc4nc(NC(=O)C5CC5)nn34)cc2)C1. The molecule has 3 aromatic rings. The Kier molecular flexibility index (Phi) is 4.02. The molecule has 2 aliphatic rings. The fourth-order valence-electron chi connectivity index (χ4n) is 3.43. The molecule has 0 radical (unpaired) electrons. The number of nitrogens with one attached hydrogen (secondary N) is 1. The molecule has 0 atom stereocenters. The van der Waals surface area contributed by atoms with Crippen molar-refractivity contribution in [3.05, 3.63) is 48.0 Å². The van der Waals surface area contributed by atoms with Gasteiger partial charge in [-0.05, 0) is 37.1 Å². The Morgan fingerprint density at radius 1 is 1.10 bits per heavy atom. The van der Waals surface area contributed by atoms with Crippen LogP contribution in [0.5, 0.6) is 0 Å². The van der Waals surface area contributed by atoms with Gasteiger partial charge >= 0.3 is 0 Å². The van der Waals surface area contributed by atoms with Crippen LogP contribution in [0.1, 0.15) is 23.2 Å². The molecule has 3 heterocycles. The van der Waals surface area contributed by atoms with Crippen molar-refractivity contribution in [2.24, 2.45) is 11.8 Å². The van der Waals surface area contributed by atoms with E-state index < -0.39 is 0 Å². The molecule has 2 fully saturated rings. The molecule has 2 amide bonds. The molecule has 1 N–H and O–H groups in total. The number of rotatable bonds is 4. The molecular weight excluding hydrogens is 368 g/mol. The molecule has 1 aromatic carbocycles. The predicted octanol–water partition coefficient (Wildman–Crippen LogP) is 2.34. The maximum Gasteiger partial charge on any atom is 0.253 e. The van der Waals surface area contributed by atoms with Gasteiger partial charge < -0.3 is 4.90 Å². The summed E-state index contributed by atoms with van der Waals surface area (Å²) in [6.07, 6.45) is 1.84. The van der Waals surface area contributed by atoms with Crippen LogP contribution in [0.15, 0.2) is 42.5 Å². The van der Waals surface area contributed by atoms with Gasteiger partial charge in [-0.25, -0.2) is 4.52 Å². The fourth-order valence-corrected chi connectivity index (χ4v) is 3.43. The lowest BCUT2D eigenvalue weighted by atomic mass is 10.00. The fraction of sp³-hybridized carbons (Fsp3) is 0.286. The molecule has 1 aliphatic heterocycles. The van der Waals surface area contributed by atoms with E-state index in [1.54, 1.807) is 21.5 Å². The molecule has 1 saturated heterocycles. The Hall–Kier alpha value is -3.73. The van der Waals surface area contributed by atoms with Crippen molar-refractivity contribution in [3.63, 3.8) is 0 Å². The lowest BCUT2D eigenvalue weighted by Gasteiger charge is -2.35. The highest BCUT2D eigenvalue weighted by atomic mass is 16.2. The summed E-state index contributed by atoms with van der Waals surface area (Å²) >= 11 is 0. The molecule has 5 rings (SSSR count). The van der Waals surface area contributed by atoms with Crippen molar-refractivity contribution in [1.82, 2.24) is 19.5 Å². The molecular formula is C21H18N6O2. The van der Waals surface area contributed by atoms with Crippen molar-refractivity contribution >= 4 is 23.4 Å². The second-order valence-corrected chi connectivity index (χ2v) is 7.49. The van der Waals surface area contributed by atoms with Crippen LogP contribution in [0.2, 0.25) is 0 Å². The number of fused-ring (bicyclic) bond motifs is 1. The van der Waals surface area contributed by atoms with Crippen LogP contribution >= 0.6 is 0 Å². The normalized spacial score (nSPS) is 16.3. The number of aromatic nitrogens is 3. The number of nitriles is 1. The summed E-state index contributed by atoms with van der Waals surface area (Å²) in [4.78, 5) is 30.5. The topological polar surface area (TPSA) is 103 Å². The van der Waals surface area contributed by atoms with E-state index in [4.69, 9.17) is 5.26 Å². The predicted molar refractivity (Wildman–Crippen MR) is 105 cm³/mol. The first-order valence-electron chi connectivity index (χ1n) is 9.58. The molecule has 1 aliphatic carbocycles. The van der Waals surface area contributed by atoms with E-state index in [1.165, 1.54) is 0 Å². The van der Waals surface area contributed by atoms with Crippen LogP contribution in [-0.4, -0.2) is 44.4 Å². The second kappa shape index (κ2) is 6.71. The Bertz CT molecular complexity index is 1150. The highest BCUT2D eigenvalue weighted by molar-refractivity contribution is 5.95. The summed E-state index contributed by atoms with van der Waals surface area (Å²) < 4.78 is 1.69. The van der Waals surface area contributed by atoms with Crippen molar-refractivity contribution < 1.29 is 9.59 Å². The zero-order chi connectivity index (χ0) is 20.0. The minimum atomic E-state index is -0.0629. The number of carbonyl (C=O) groups is 2. The zero-order valence-corrected chi connectivity index (χ0v) is 15.6. The minimum absolute atomic E-state index is 0.0325. The van der Waals surface area contributed by atoms with Gasteiger partial charge in [0.2, 0.25) is 11.9 Å². The van der Waals surface area contributed by atoms with Crippen molar-refractivity contribution in [1.29, 1.82) is 5.26 Å². The minimum Gasteiger partial charge on any atom is -0.336 e. The van der Waals surface area contributed by atoms with Gasteiger partial charge in [0.15, 0.2) is 5.65 Å². The Balaban J connectivity index is 1.38. The number of likely N-dealkylation sites (tertiary alicyclic amines) is 1. The van der Waals surface area contributed by atoms with Crippen LogP contribution in [0.4, 0.5) is 5.95 Å². The van der Waals surface area contributed by atoms with Crippen molar-refractivity contribution in [2.75, 3.05) is 18.4 Å². The van der Waals surface area contributed by atoms with Crippen LogP contribution in [-0.2, 0) is 4.79 Å². The summed E-state index contributed by atoms with van der Waals surface area (Å²) in [7, 11) is 0. The van der Waals surface area contributed by atoms with E-state index in [1.807, 2.05) is 30.3 Å². The molecule has 144 valence electrons. The third-order valence-corrected chi connectivity index (χ3v) is 5.32. The highest BCUT2D eigenvalue weighted by Crippen LogP contribution is 2.30. The molecule has 0 spiro atoms. The van der Waals surface area contributed by atoms with Crippen LogP contribution in [0.3, 0.4) is 0 Å². The van der Waals surface area contributed by atoms with Crippen LogP contribution in [0.25, 0.3) is 16.9 Å². The first-order chi connectivity index (χ1) is 14.1. The Morgan fingerprint density at radius 2 is 1.86 bits per heavy atom. The quantitative estimate of drug-likeness (QED) is 0.741. The first-order valence-corrected chi connectivity index (χ1v) is 9.58. The summed E-state index contributed by atoms with van der Waals surface area (Å²) in [5.74, 6) is 0.228. The molecule has 0 bridgehead atoms. The van der Waals surface area contributed by atoms with E-state index in [0.717, 1.165) is 24.1 Å². The Morgan fingerprint density at radius 3 is 2.55 bits per heavy atom. The second-order valence-electron chi connectivity index (χ2n) is 7.49. The van der Waals surface area contributed by atoms with Gasteiger partial charge in [0.05, 0.1) is 17.7 Å². The van der Waals surface area contributed by atoms with Crippen molar-refractivity contribution in [3.8, 4) is 17.3 Å². The van der Waals surface area contributed by atoms with E-state index in [0.29, 0.717) is 30.2 Å². The monoisotopic (exact) mass is 386 g/mol. The number of carbonyl (C=O) groups excluding carboxylic acids is 2. The maximum atomic E-state index is 12.5. The van der Waals surface area contributed by atoms with Gasteiger partial charge in [-0.2, -0.15) is 10.2 Å². The molecule has 8 nitrogen and oxygen atoms in total. The summed E-state index contributed by atoms with van der Waals surface area (Å²) in [6.45, 7) is 0.982.